The number of hydrogen-bond acceptors (Lipinski definition) is 4. The summed E-state index contributed by atoms with van der Waals surface area (Å²) >= 11 is 5.81. The number of alkyl halides is 2. The van der Waals surface area contributed by atoms with Crippen molar-refractivity contribution >= 4 is 28.9 Å². The number of nitro benzene ring substituents is 1. The van der Waals surface area contributed by atoms with E-state index in [-0.39, 0.29) is 22.1 Å². The summed E-state index contributed by atoms with van der Waals surface area (Å²) in [5.74, 6) is -0.809. The summed E-state index contributed by atoms with van der Waals surface area (Å²) in [6.45, 7) is -2.87. The summed E-state index contributed by atoms with van der Waals surface area (Å²) in [5, 5.41) is 16.4. The average molecular weight is 317 g/mol. The fourth-order valence-corrected chi connectivity index (χ4v) is 1.64. The van der Waals surface area contributed by atoms with Crippen LogP contribution in [0.4, 0.5) is 20.2 Å². The van der Waals surface area contributed by atoms with Crippen LogP contribution in [0, 0.1) is 10.1 Å². The number of rotatable bonds is 4. The van der Waals surface area contributed by atoms with E-state index in [0.717, 1.165) is 18.3 Å². The minimum atomic E-state index is -2.87. The maximum atomic E-state index is 12.3. The van der Waals surface area contributed by atoms with Crippen molar-refractivity contribution in [2.24, 2.45) is 0 Å². The molecule has 0 spiro atoms. The van der Waals surface area contributed by atoms with Crippen LogP contribution in [0.3, 0.4) is 0 Å². The lowest BCUT2D eigenvalue weighted by Gasteiger charge is -2.05. The molecule has 1 heterocycles. The van der Waals surface area contributed by atoms with Gasteiger partial charge in [0.1, 0.15) is 0 Å². The fraction of sp³-hybridized carbons (Fsp3) is 0.0909. The summed E-state index contributed by atoms with van der Waals surface area (Å²) < 4.78 is 25.0. The van der Waals surface area contributed by atoms with Crippen LogP contribution in [-0.2, 0) is 0 Å². The molecule has 0 atom stereocenters. The molecule has 0 unspecified atom stereocenters. The Morgan fingerprint density at radius 2 is 2.14 bits per heavy atom. The average Bonchev–Trinajstić information content (AvgIpc) is 2.90. The molecule has 2 rings (SSSR count). The normalized spacial score (nSPS) is 10.7. The molecule has 21 heavy (non-hydrogen) atoms. The van der Waals surface area contributed by atoms with Crippen molar-refractivity contribution in [2.45, 2.75) is 6.55 Å². The predicted molar refractivity (Wildman–Crippen MR) is 69.5 cm³/mol. The topological polar surface area (TPSA) is 90.1 Å². The molecule has 1 aromatic heterocycles. The molecule has 2 aromatic rings. The van der Waals surface area contributed by atoms with Crippen molar-refractivity contribution in [2.75, 3.05) is 5.32 Å². The Hall–Kier alpha value is -2.55. The van der Waals surface area contributed by atoms with Gasteiger partial charge in [-0.05, 0) is 12.1 Å². The third-order valence-electron chi connectivity index (χ3n) is 2.45. The number of nitrogens with one attached hydrogen (secondary N) is 1. The Kier molecular flexibility index (Phi) is 4.13. The first kappa shape index (κ1) is 14.9. The number of anilines is 1. The molecule has 0 aliphatic rings. The zero-order valence-electron chi connectivity index (χ0n) is 10.2. The van der Waals surface area contributed by atoms with Gasteiger partial charge >= 0.3 is 6.55 Å². The Morgan fingerprint density at radius 3 is 2.71 bits per heavy atom. The maximum Gasteiger partial charge on any atom is 0.333 e. The van der Waals surface area contributed by atoms with Crippen molar-refractivity contribution in [1.29, 1.82) is 0 Å². The lowest BCUT2D eigenvalue weighted by atomic mass is 10.2. The highest BCUT2D eigenvalue weighted by Crippen LogP contribution is 2.27. The summed E-state index contributed by atoms with van der Waals surface area (Å²) in [4.78, 5) is 21.8. The lowest BCUT2D eigenvalue weighted by molar-refractivity contribution is -0.384. The van der Waals surface area contributed by atoms with E-state index in [1.165, 1.54) is 12.1 Å². The van der Waals surface area contributed by atoms with Crippen LogP contribution >= 0.6 is 11.6 Å². The van der Waals surface area contributed by atoms with E-state index in [9.17, 15) is 23.7 Å². The highest BCUT2D eigenvalue weighted by atomic mass is 35.5. The number of amides is 1. The first-order valence-electron chi connectivity index (χ1n) is 5.47. The van der Waals surface area contributed by atoms with Gasteiger partial charge in [-0.1, -0.05) is 11.6 Å². The largest absolute Gasteiger partial charge is 0.333 e. The van der Waals surface area contributed by atoms with Gasteiger partial charge in [-0.25, -0.2) is 4.68 Å². The van der Waals surface area contributed by atoms with Gasteiger partial charge in [-0.3, -0.25) is 14.9 Å². The van der Waals surface area contributed by atoms with Crippen LogP contribution in [-0.4, -0.2) is 20.6 Å². The van der Waals surface area contributed by atoms with E-state index in [4.69, 9.17) is 11.6 Å². The molecule has 1 aromatic carbocycles. The highest BCUT2D eigenvalue weighted by molar-refractivity contribution is 6.34. The number of carbonyl (C=O) groups excluding carboxylic acids is 1. The zero-order valence-corrected chi connectivity index (χ0v) is 10.9. The highest BCUT2D eigenvalue weighted by Gasteiger charge is 2.16. The van der Waals surface area contributed by atoms with Crippen molar-refractivity contribution < 1.29 is 18.5 Å². The van der Waals surface area contributed by atoms with Gasteiger partial charge in [0.15, 0.2) is 5.69 Å². The van der Waals surface area contributed by atoms with E-state index in [1.807, 2.05) is 0 Å². The number of non-ortho nitro benzene ring substituents is 1. The summed E-state index contributed by atoms with van der Waals surface area (Å²) in [6, 6.07) is 4.56. The first-order chi connectivity index (χ1) is 9.88. The van der Waals surface area contributed by atoms with Crippen LogP contribution in [0.2, 0.25) is 5.02 Å². The molecule has 0 aliphatic carbocycles. The quantitative estimate of drug-likeness (QED) is 0.693. The molecule has 0 aliphatic heterocycles. The van der Waals surface area contributed by atoms with Crippen molar-refractivity contribution in [3.05, 3.63) is 51.3 Å². The van der Waals surface area contributed by atoms with Crippen molar-refractivity contribution in [3.63, 3.8) is 0 Å². The molecule has 0 fully saturated rings. The monoisotopic (exact) mass is 316 g/mol. The molecular formula is C11H7ClF2N4O3. The maximum absolute atomic E-state index is 12.3. The second-order valence-corrected chi connectivity index (χ2v) is 4.24. The number of carbonyl (C=O) groups is 1. The zero-order chi connectivity index (χ0) is 15.6. The number of nitrogens with zero attached hydrogens (tertiary/aromatic N) is 3. The van der Waals surface area contributed by atoms with Crippen molar-refractivity contribution in [1.82, 2.24) is 9.78 Å². The molecule has 1 amide bonds. The van der Waals surface area contributed by atoms with Crippen LogP contribution in [0.5, 0.6) is 0 Å². The van der Waals surface area contributed by atoms with Gasteiger partial charge < -0.3 is 5.32 Å². The summed E-state index contributed by atoms with van der Waals surface area (Å²) in [6.07, 6.45) is 0.939. The Morgan fingerprint density at radius 1 is 1.43 bits per heavy atom. The predicted octanol–water partition coefficient (Wildman–Crippen LogP) is 3.09. The van der Waals surface area contributed by atoms with Gasteiger partial charge in [-0.2, -0.15) is 13.9 Å². The minimum Gasteiger partial charge on any atom is -0.319 e. The van der Waals surface area contributed by atoms with Crippen LogP contribution in [0.15, 0.2) is 30.5 Å². The van der Waals surface area contributed by atoms with E-state index >= 15 is 0 Å². The van der Waals surface area contributed by atoms with Crippen LogP contribution in [0.1, 0.15) is 17.0 Å². The van der Waals surface area contributed by atoms with E-state index in [2.05, 4.69) is 10.4 Å². The van der Waals surface area contributed by atoms with Crippen LogP contribution < -0.4 is 5.32 Å². The molecule has 10 heteroatoms. The Bertz CT molecular complexity index is 705. The Balaban J connectivity index is 2.22. The molecular weight excluding hydrogens is 310 g/mol. The van der Waals surface area contributed by atoms with Crippen molar-refractivity contribution in [3.8, 4) is 0 Å². The third kappa shape index (κ3) is 3.31. The second-order valence-electron chi connectivity index (χ2n) is 3.83. The van der Waals surface area contributed by atoms with Gasteiger partial charge in [-0.15, -0.1) is 0 Å². The van der Waals surface area contributed by atoms with E-state index in [1.54, 1.807) is 0 Å². The minimum absolute atomic E-state index is 0.0116. The number of aromatic nitrogens is 2. The summed E-state index contributed by atoms with van der Waals surface area (Å²) in [5.41, 5.74) is -0.548. The van der Waals surface area contributed by atoms with E-state index < -0.39 is 17.4 Å². The van der Waals surface area contributed by atoms with Gasteiger partial charge in [0.05, 0.1) is 15.6 Å². The smallest absolute Gasteiger partial charge is 0.319 e. The van der Waals surface area contributed by atoms with Gasteiger partial charge in [0.25, 0.3) is 11.6 Å². The number of benzene rings is 1. The molecule has 7 nitrogen and oxygen atoms in total. The molecule has 0 saturated heterocycles. The summed E-state index contributed by atoms with van der Waals surface area (Å²) in [7, 11) is 0. The molecule has 110 valence electrons. The van der Waals surface area contributed by atoms with Crippen LogP contribution in [0.25, 0.3) is 0 Å². The molecule has 1 N–H and O–H groups in total. The first-order valence-corrected chi connectivity index (χ1v) is 5.85. The number of nitro groups is 1. The SMILES string of the molecule is O=C(Nc1cc([N+](=O)[O-])ccc1Cl)c1ccn(C(F)F)n1. The fourth-order valence-electron chi connectivity index (χ4n) is 1.48. The van der Waals surface area contributed by atoms with E-state index in [0.29, 0.717) is 4.68 Å². The Labute approximate surface area is 121 Å². The van der Waals surface area contributed by atoms with Gasteiger partial charge in [0, 0.05) is 18.3 Å². The molecule has 0 bridgehead atoms. The number of hydrogen-bond donors (Lipinski definition) is 1. The third-order valence-corrected chi connectivity index (χ3v) is 2.78. The van der Waals surface area contributed by atoms with Gasteiger partial charge in [0.2, 0.25) is 0 Å². The molecule has 0 saturated carbocycles. The molecule has 0 radical (unpaired) electrons. The lowest BCUT2D eigenvalue weighted by Crippen LogP contribution is -2.14. The number of halogens is 3. The second kappa shape index (κ2) is 5.83. The standard InChI is InChI=1S/C11H7ClF2N4O3/c12-7-2-1-6(18(20)21)5-9(7)15-10(19)8-3-4-17(16-8)11(13)14/h1-5,11H,(H,15,19).